The lowest BCUT2D eigenvalue weighted by Gasteiger charge is -2.54. The first kappa shape index (κ1) is 20.7. The van der Waals surface area contributed by atoms with Gasteiger partial charge in [-0.2, -0.15) is 0 Å². The lowest BCUT2D eigenvalue weighted by Crippen LogP contribution is -2.45. The van der Waals surface area contributed by atoms with Gasteiger partial charge < -0.3 is 0 Å². The van der Waals surface area contributed by atoms with E-state index >= 15 is 0 Å². The molecule has 4 rings (SSSR count). The number of carbonyl (C=O) groups is 1. The number of hydrogen-bond acceptors (Lipinski definition) is 1. The minimum absolute atomic E-state index is 0.351. The minimum atomic E-state index is 0.351. The molecule has 0 radical (unpaired) electrons. The van der Waals surface area contributed by atoms with Crippen LogP contribution in [0.1, 0.15) is 112 Å². The molecule has 1 nitrogen and oxygen atoms in total. The number of fused-ring (bicyclic) bond motifs is 4. The van der Waals surface area contributed by atoms with E-state index in [1.807, 2.05) is 11.1 Å². The second-order valence-corrected chi connectivity index (χ2v) is 11.9. The summed E-state index contributed by atoms with van der Waals surface area (Å²) in [5.74, 6) is 4.68. The summed E-state index contributed by atoms with van der Waals surface area (Å²) in [6.45, 7) is 12.5. The molecule has 2 saturated carbocycles. The van der Waals surface area contributed by atoms with Gasteiger partial charge in [-0.3, -0.25) is 4.79 Å². The predicted molar refractivity (Wildman–Crippen MR) is 118 cm³/mol. The van der Waals surface area contributed by atoms with E-state index in [1.165, 1.54) is 57.8 Å². The SMILES string of the molecule is CC(C)CCC[C@@H](C)[C@H]1CC[C@H]2C3=C(CC[C@]12C)[C@@]1(C)CCC(=O)CC1CC3. The lowest BCUT2D eigenvalue weighted by atomic mass is 9.50. The summed E-state index contributed by atoms with van der Waals surface area (Å²) in [6.07, 6.45) is 15.3. The quantitative estimate of drug-likeness (QED) is 0.443. The van der Waals surface area contributed by atoms with E-state index in [0.717, 1.165) is 42.9 Å². The first-order valence-electron chi connectivity index (χ1n) is 12.5. The van der Waals surface area contributed by atoms with Crippen molar-refractivity contribution in [3.05, 3.63) is 11.1 Å². The Bertz CT molecular complexity index is 643. The van der Waals surface area contributed by atoms with E-state index < -0.39 is 0 Å². The smallest absolute Gasteiger partial charge is 0.133 e. The predicted octanol–water partition coefficient (Wildman–Crippen LogP) is 7.74. The molecule has 1 unspecified atom stereocenters. The monoisotopic (exact) mass is 384 g/mol. The van der Waals surface area contributed by atoms with Crippen molar-refractivity contribution in [2.24, 2.45) is 40.4 Å². The first-order valence-corrected chi connectivity index (χ1v) is 12.5. The standard InChI is InChI=1S/C27H44O/c1-18(2)7-6-8-19(3)23-11-12-24-22-10-9-20-17-21(28)13-15-26(20,4)25(22)14-16-27(23,24)5/h18-20,23-24H,6-17H2,1-5H3/t19-,20?,23-,24+,26+,27-/m1/s1. The molecule has 2 fully saturated rings. The average molecular weight is 385 g/mol. The fourth-order valence-electron chi connectivity index (χ4n) is 8.28. The number of rotatable bonds is 5. The number of hydrogen-bond donors (Lipinski definition) is 0. The Morgan fingerprint density at radius 3 is 2.50 bits per heavy atom. The highest BCUT2D eigenvalue weighted by atomic mass is 16.1. The third kappa shape index (κ3) is 3.33. The molecule has 28 heavy (non-hydrogen) atoms. The molecule has 0 heterocycles. The number of allylic oxidation sites excluding steroid dienone is 2. The lowest BCUT2D eigenvalue weighted by molar-refractivity contribution is -0.124. The fraction of sp³-hybridized carbons (Fsp3) is 0.889. The van der Waals surface area contributed by atoms with Crippen molar-refractivity contribution in [3.8, 4) is 0 Å². The second-order valence-electron chi connectivity index (χ2n) is 11.9. The Hall–Kier alpha value is -0.590. The zero-order chi connectivity index (χ0) is 20.1. The van der Waals surface area contributed by atoms with Crippen molar-refractivity contribution in [2.45, 2.75) is 112 Å². The minimum Gasteiger partial charge on any atom is -0.300 e. The van der Waals surface area contributed by atoms with E-state index in [9.17, 15) is 4.79 Å². The van der Waals surface area contributed by atoms with Crippen molar-refractivity contribution in [2.75, 3.05) is 0 Å². The molecule has 0 aromatic carbocycles. The van der Waals surface area contributed by atoms with Gasteiger partial charge in [-0.05, 0) is 85.4 Å². The van der Waals surface area contributed by atoms with Crippen LogP contribution in [0.3, 0.4) is 0 Å². The molecule has 0 saturated heterocycles. The normalized spacial score (nSPS) is 41.6. The largest absolute Gasteiger partial charge is 0.300 e. The summed E-state index contributed by atoms with van der Waals surface area (Å²) >= 11 is 0. The Morgan fingerprint density at radius 1 is 0.964 bits per heavy atom. The molecule has 0 N–H and O–H groups in total. The van der Waals surface area contributed by atoms with Crippen LogP contribution in [0.15, 0.2) is 11.1 Å². The maximum atomic E-state index is 12.1. The molecule has 0 aliphatic heterocycles. The molecule has 4 aliphatic rings. The first-order chi connectivity index (χ1) is 13.3. The van der Waals surface area contributed by atoms with Crippen LogP contribution in [0.5, 0.6) is 0 Å². The van der Waals surface area contributed by atoms with Gasteiger partial charge in [0.05, 0.1) is 0 Å². The fourth-order valence-corrected chi connectivity index (χ4v) is 8.28. The molecule has 4 aliphatic carbocycles. The summed E-state index contributed by atoms with van der Waals surface area (Å²) < 4.78 is 0. The van der Waals surface area contributed by atoms with Crippen LogP contribution in [0.4, 0.5) is 0 Å². The summed E-state index contributed by atoms with van der Waals surface area (Å²) in [5.41, 5.74) is 4.62. The third-order valence-electron chi connectivity index (χ3n) is 10.0. The Labute approximate surface area is 174 Å². The Kier molecular flexibility index (Phi) is 5.60. The molecule has 0 bridgehead atoms. The Balaban J connectivity index is 1.53. The highest BCUT2D eigenvalue weighted by molar-refractivity contribution is 5.80. The van der Waals surface area contributed by atoms with Gasteiger partial charge in [0.15, 0.2) is 0 Å². The van der Waals surface area contributed by atoms with Gasteiger partial charge in [0, 0.05) is 12.8 Å². The number of carbonyl (C=O) groups excluding carboxylic acids is 1. The van der Waals surface area contributed by atoms with E-state index in [0.29, 0.717) is 22.5 Å². The van der Waals surface area contributed by atoms with Crippen LogP contribution in [0.25, 0.3) is 0 Å². The van der Waals surface area contributed by atoms with Crippen molar-refractivity contribution >= 4 is 5.78 Å². The molecule has 0 amide bonds. The number of Topliss-reactive ketones (excluding diaryl/α,β-unsaturated/α-hetero) is 1. The van der Waals surface area contributed by atoms with Crippen molar-refractivity contribution in [1.29, 1.82) is 0 Å². The molecule has 6 atom stereocenters. The third-order valence-corrected chi connectivity index (χ3v) is 10.0. The van der Waals surface area contributed by atoms with Crippen LogP contribution in [-0.4, -0.2) is 5.78 Å². The van der Waals surface area contributed by atoms with Gasteiger partial charge in [-0.25, -0.2) is 0 Å². The van der Waals surface area contributed by atoms with Crippen LogP contribution in [0, 0.1) is 40.4 Å². The topological polar surface area (TPSA) is 17.1 Å². The Morgan fingerprint density at radius 2 is 1.75 bits per heavy atom. The van der Waals surface area contributed by atoms with E-state index in [4.69, 9.17) is 0 Å². The van der Waals surface area contributed by atoms with Crippen LogP contribution >= 0.6 is 0 Å². The molecule has 0 aromatic heterocycles. The maximum absolute atomic E-state index is 12.1. The zero-order valence-corrected chi connectivity index (χ0v) is 19.3. The highest BCUT2D eigenvalue weighted by Gasteiger charge is 2.55. The van der Waals surface area contributed by atoms with Crippen molar-refractivity contribution in [3.63, 3.8) is 0 Å². The van der Waals surface area contributed by atoms with E-state index in [2.05, 4.69) is 34.6 Å². The summed E-state index contributed by atoms with van der Waals surface area (Å²) in [4.78, 5) is 12.1. The van der Waals surface area contributed by atoms with Crippen LogP contribution < -0.4 is 0 Å². The van der Waals surface area contributed by atoms with Gasteiger partial charge in [-0.15, -0.1) is 0 Å². The molecular formula is C27H44O. The van der Waals surface area contributed by atoms with Crippen molar-refractivity contribution < 1.29 is 4.79 Å². The summed E-state index contributed by atoms with van der Waals surface area (Å²) in [5, 5.41) is 0. The zero-order valence-electron chi connectivity index (χ0n) is 19.3. The maximum Gasteiger partial charge on any atom is 0.133 e. The second kappa shape index (κ2) is 7.59. The summed E-state index contributed by atoms with van der Waals surface area (Å²) in [6, 6.07) is 0. The molecule has 0 spiro atoms. The number of ketones is 1. The van der Waals surface area contributed by atoms with Crippen molar-refractivity contribution in [1.82, 2.24) is 0 Å². The van der Waals surface area contributed by atoms with Gasteiger partial charge in [0.25, 0.3) is 0 Å². The molecule has 0 aromatic rings. The molecular weight excluding hydrogens is 340 g/mol. The van der Waals surface area contributed by atoms with Crippen LogP contribution in [0.2, 0.25) is 0 Å². The van der Waals surface area contributed by atoms with Crippen LogP contribution in [-0.2, 0) is 4.79 Å². The van der Waals surface area contributed by atoms with E-state index in [1.54, 1.807) is 0 Å². The highest BCUT2D eigenvalue weighted by Crippen LogP contribution is 2.65. The van der Waals surface area contributed by atoms with Gasteiger partial charge >= 0.3 is 0 Å². The van der Waals surface area contributed by atoms with E-state index in [-0.39, 0.29) is 0 Å². The average Bonchev–Trinajstić information content (AvgIpc) is 2.99. The van der Waals surface area contributed by atoms with Gasteiger partial charge in [0.2, 0.25) is 0 Å². The van der Waals surface area contributed by atoms with Gasteiger partial charge in [-0.1, -0.05) is 65.0 Å². The molecule has 1 heteroatoms. The van der Waals surface area contributed by atoms with Gasteiger partial charge in [0.1, 0.15) is 5.78 Å². The molecule has 158 valence electrons. The summed E-state index contributed by atoms with van der Waals surface area (Å²) in [7, 11) is 0.